The van der Waals surface area contributed by atoms with E-state index in [0.29, 0.717) is 0 Å². The van der Waals surface area contributed by atoms with E-state index in [0.717, 1.165) is 22.3 Å². The Kier molecular flexibility index (Phi) is 2.69. The summed E-state index contributed by atoms with van der Waals surface area (Å²) in [6.45, 7) is 10.0. The van der Waals surface area contributed by atoms with Crippen molar-refractivity contribution in [3.63, 3.8) is 0 Å². The number of furan rings is 1. The first-order valence-corrected chi connectivity index (χ1v) is 5.47. The summed E-state index contributed by atoms with van der Waals surface area (Å²) in [7, 11) is 0. The number of rotatable bonds is 2. The average molecular weight is 212 g/mol. The van der Waals surface area contributed by atoms with Gasteiger partial charge in [-0.1, -0.05) is 30.9 Å². The van der Waals surface area contributed by atoms with Crippen molar-refractivity contribution in [1.29, 1.82) is 0 Å². The van der Waals surface area contributed by atoms with Gasteiger partial charge >= 0.3 is 0 Å². The molecule has 2 rings (SSSR count). The van der Waals surface area contributed by atoms with E-state index in [-0.39, 0.29) is 0 Å². The number of fused-ring (bicyclic) bond motifs is 1. The molecule has 0 atom stereocenters. The smallest absolute Gasteiger partial charge is 0.138 e. The molecule has 0 radical (unpaired) electrons. The Bertz CT molecular complexity index is 571. The molecule has 0 aliphatic rings. The lowest BCUT2D eigenvalue weighted by Crippen LogP contribution is -1.80. The number of benzene rings is 1. The molecule has 0 fully saturated rings. The maximum Gasteiger partial charge on any atom is 0.138 e. The van der Waals surface area contributed by atoms with Gasteiger partial charge in [0.15, 0.2) is 0 Å². The quantitative estimate of drug-likeness (QED) is 0.701. The lowest BCUT2D eigenvalue weighted by atomic mass is 10.0. The van der Waals surface area contributed by atoms with Crippen molar-refractivity contribution in [2.75, 3.05) is 0 Å². The number of aryl methyl sites for hydroxylation is 2. The molecule has 0 aliphatic carbocycles. The van der Waals surface area contributed by atoms with Crippen LogP contribution in [-0.4, -0.2) is 0 Å². The van der Waals surface area contributed by atoms with Gasteiger partial charge in [-0.05, 0) is 38.0 Å². The monoisotopic (exact) mass is 212 g/mol. The third-order valence-corrected chi connectivity index (χ3v) is 2.97. The summed E-state index contributed by atoms with van der Waals surface area (Å²) in [4.78, 5) is 0. The summed E-state index contributed by atoms with van der Waals surface area (Å²) in [6, 6.07) is 4.23. The molecule has 0 spiro atoms. The predicted octanol–water partition coefficient (Wildman–Crippen LogP) is 4.73. The number of allylic oxidation sites excluding steroid dienone is 1. The lowest BCUT2D eigenvalue weighted by molar-refractivity contribution is 0.600. The normalized spacial score (nSPS) is 11.4. The van der Waals surface area contributed by atoms with Crippen LogP contribution < -0.4 is 0 Å². The second-order valence-electron chi connectivity index (χ2n) is 3.97. The van der Waals surface area contributed by atoms with Gasteiger partial charge in [-0.15, -0.1) is 0 Å². The molecule has 0 bridgehead atoms. The van der Waals surface area contributed by atoms with E-state index in [1.165, 1.54) is 11.1 Å². The van der Waals surface area contributed by atoms with E-state index in [1.807, 2.05) is 25.2 Å². The van der Waals surface area contributed by atoms with Crippen LogP contribution in [0.2, 0.25) is 0 Å². The maximum absolute atomic E-state index is 5.88. The van der Waals surface area contributed by atoms with Crippen LogP contribution in [0.15, 0.2) is 29.2 Å². The van der Waals surface area contributed by atoms with Gasteiger partial charge in [-0.3, -0.25) is 0 Å². The summed E-state index contributed by atoms with van der Waals surface area (Å²) < 4.78 is 5.88. The van der Waals surface area contributed by atoms with Gasteiger partial charge in [0.25, 0.3) is 0 Å². The van der Waals surface area contributed by atoms with E-state index in [2.05, 4.69) is 32.6 Å². The van der Waals surface area contributed by atoms with Crippen LogP contribution in [0.3, 0.4) is 0 Å². The van der Waals surface area contributed by atoms with Crippen LogP contribution in [0.25, 0.3) is 23.1 Å². The molecule has 1 aromatic carbocycles. The van der Waals surface area contributed by atoms with Crippen molar-refractivity contribution < 1.29 is 4.42 Å². The highest BCUT2D eigenvalue weighted by Crippen LogP contribution is 2.31. The minimum absolute atomic E-state index is 0.890. The van der Waals surface area contributed by atoms with Crippen molar-refractivity contribution in [1.82, 2.24) is 0 Å². The number of hydrogen-bond donors (Lipinski definition) is 0. The second kappa shape index (κ2) is 4.01. The van der Waals surface area contributed by atoms with Crippen LogP contribution in [0.5, 0.6) is 0 Å². The molecule has 16 heavy (non-hydrogen) atoms. The van der Waals surface area contributed by atoms with Crippen molar-refractivity contribution in [3.05, 3.63) is 47.2 Å². The summed E-state index contributed by atoms with van der Waals surface area (Å²) in [6.07, 6.45) is 5.81. The third kappa shape index (κ3) is 1.49. The Morgan fingerprint density at radius 1 is 1.25 bits per heavy atom. The van der Waals surface area contributed by atoms with E-state index < -0.39 is 0 Å². The first-order valence-electron chi connectivity index (χ1n) is 5.47. The standard InChI is InChI=1S/C15H16O/c1-5-7-14-12(6-2)13-9-8-10(3)11(4)15(13)16-14/h5-9H,2H2,1,3-4H3/b7-5-. The van der Waals surface area contributed by atoms with Gasteiger partial charge in [0.2, 0.25) is 0 Å². The fourth-order valence-corrected chi connectivity index (χ4v) is 1.92. The van der Waals surface area contributed by atoms with E-state index in [4.69, 9.17) is 4.42 Å². The SMILES string of the molecule is C=Cc1c(/C=C\C)oc2c(C)c(C)ccc12. The second-order valence-corrected chi connectivity index (χ2v) is 3.97. The Labute approximate surface area is 96.1 Å². The molecule has 1 aromatic heterocycles. The molecule has 0 amide bonds. The zero-order valence-electron chi connectivity index (χ0n) is 10.0. The fourth-order valence-electron chi connectivity index (χ4n) is 1.92. The summed E-state index contributed by atoms with van der Waals surface area (Å²) in [5.74, 6) is 0.890. The van der Waals surface area contributed by atoms with Crippen LogP contribution in [0.1, 0.15) is 29.4 Å². The molecular weight excluding hydrogens is 196 g/mol. The Hall–Kier alpha value is -1.76. The number of hydrogen-bond acceptors (Lipinski definition) is 1. The highest BCUT2D eigenvalue weighted by Gasteiger charge is 2.11. The first-order chi connectivity index (χ1) is 7.69. The van der Waals surface area contributed by atoms with Crippen molar-refractivity contribution >= 4 is 23.1 Å². The lowest BCUT2D eigenvalue weighted by Gasteiger charge is -1.99. The van der Waals surface area contributed by atoms with Crippen LogP contribution in [-0.2, 0) is 0 Å². The zero-order valence-corrected chi connectivity index (χ0v) is 10.0. The molecule has 0 unspecified atom stereocenters. The maximum atomic E-state index is 5.88. The molecule has 1 nitrogen and oxygen atoms in total. The fraction of sp³-hybridized carbons (Fsp3) is 0.200. The average Bonchev–Trinajstić information content (AvgIpc) is 2.62. The molecule has 0 saturated heterocycles. The van der Waals surface area contributed by atoms with Crippen molar-refractivity contribution in [2.24, 2.45) is 0 Å². The summed E-state index contributed by atoms with van der Waals surface area (Å²) in [5, 5.41) is 1.14. The van der Waals surface area contributed by atoms with Gasteiger partial charge < -0.3 is 4.42 Å². The van der Waals surface area contributed by atoms with Gasteiger partial charge in [-0.2, -0.15) is 0 Å². The van der Waals surface area contributed by atoms with Gasteiger partial charge in [-0.25, -0.2) is 0 Å². The van der Waals surface area contributed by atoms with Crippen molar-refractivity contribution in [3.8, 4) is 0 Å². The third-order valence-electron chi connectivity index (χ3n) is 2.97. The molecule has 0 N–H and O–H groups in total. The van der Waals surface area contributed by atoms with Crippen LogP contribution in [0.4, 0.5) is 0 Å². The van der Waals surface area contributed by atoms with E-state index in [1.54, 1.807) is 0 Å². The highest BCUT2D eigenvalue weighted by atomic mass is 16.3. The van der Waals surface area contributed by atoms with E-state index in [9.17, 15) is 0 Å². The zero-order chi connectivity index (χ0) is 11.7. The molecule has 0 saturated carbocycles. The van der Waals surface area contributed by atoms with Crippen molar-refractivity contribution in [2.45, 2.75) is 20.8 Å². The molecule has 2 aromatic rings. The molecular formula is C15H16O. The van der Waals surface area contributed by atoms with Crippen LogP contribution >= 0.6 is 0 Å². The molecule has 82 valence electrons. The highest BCUT2D eigenvalue weighted by molar-refractivity contribution is 5.92. The van der Waals surface area contributed by atoms with E-state index >= 15 is 0 Å². The Balaban J connectivity index is 2.86. The van der Waals surface area contributed by atoms with Gasteiger partial charge in [0.05, 0.1) is 0 Å². The Morgan fingerprint density at radius 3 is 2.62 bits per heavy atom. The Morgan fingerprint density at radius 2 is 2.00 bits per heavy atom. The van der Waals surface area contributed by atoms with Crippen LogP contribution in [0, 0.1) is 13.8 Å². The van der Waals surface area contributed by atoms with Gasteiger partial charge in [0.1, 0.15) is 11.3 Å². The van der Waals surface area contributed by atoms with Gasteiger partial charge in [0, 0.05) is 10.9 Å². The minimum Gasteiger partial charge on any atom is -0.456 e. The topological polar surface area (TPSA) is 13.1 Å². The minimum atomic E-state index is 0.890. The summed E-state index contributed by atoms with van der Waals surface area (Å²) in [5.41, 5.74) is 4.51. The first kappa shape index (κ1) is 10.7. The summed E-state index contributed by atoms with van der Waals surface area (Å²) >= 11 is 0. The predicted molar refractivity (Wildman–Crippen MR) is 70.5 cm³/mol. The molecule has 1 heteroatoms. The largest absolute Gasteiger partial charge is 0.456 e. The molecule has 1 heterocycles. The molecule has 0 aliphatic heterocycles.